The average Bonchev–Trinajstić information content (AvgIpc) is 2.62. The van der Waals surface area contributed by atoms with Gasteiger partial charge in [0, 0.05) is 23.1 Å². The van der Waals surface area contributed by atoms with Crippen LogP contribution >= 0.6 is 0 Å². The molecule has 3 nitrogen and oxygen atoms in total. The van der Waals surface area contributed by atoms with E-state index in [9.17, 15) is 9.59 Å². The number of ketones is 2. The average molecular weight is 318 g/mol. The lowest BCUT2D eigenvalue weighted by molar-refractivity contribution is 0.0975. The second kappa shape index (κ2) is 7.14. The van der Waals surface area contributed by atoms with E-state index in [4.69, 9.17) is 4.74 Å². The van der Waals surface area contributed by atoms with Crippen molar-refractivity contribution in [2.45, 2.75) is 26.2 Å². The van der Waals surface area contributed by atoms with Crippen LogP contribution in [0.5, 0.6) is 5.75 Å². The van der Waals surface area contributed by atoms with Gasteiger partial charge in [0.1, 0.15) is 5.75 Å². The summed E-state index contributed by atoms with van der Waals surface area (Å²) in [7, 11) is 0. The molecule has 0 bridgehead atoms. The fourth-order valence-corrected chi connectivity index (χ4v) is 2.86. The van der Waals surface area contributed by atoms with Crippen molar-refractivity contribution >= 4 is 11.6 Å². The minimum atomic E-state index is -0.146. The van der Waals surface area contributed by atoms with Gasteiger partial charge in [0.05, 0.1) is 12.2 Å². The van der Waals surface area contributed by atoms with E-state index in [2.05, 4.69) is 11.8 Å². The van der Waals surface area contributed by atoms with Gasteiger partial charge in [-0.25, -0.2) is 0 Å². The molecule has 3 rings (SSSR count). The highest BCUT2D eigenvalue weighted by Crippen LogP contribution is 2.33. The number of carbonyl (C=O) groups is 2. The molecule has 0 radical (unpaired) electrons. The molecular weight excluding hydrogens is 300 g/mol. The van der Waals surface area contributed by atoms with E-state index in [0.29, 0.717) is 34.6 Å². The van der Waals surface area contributed by atoms with Crippen LogP contribution in [0.25, 0.3) is 0 Å². The molecule has 0 fully saturated rings. The lowest BCUT2D eigenvalue weighted by Crippen LogP contribution is -2.21. The third kappa shape index (κ3) is 2.96. The Hall–Kier alpha value is -2.86. The van der Waals surface area contributed by atoms with Gasteiger partial charge in [-0.05, 0) is 25.8 Å². The van der Waals surface area contributed by atoms with E-state index in [1.54, 1.807) is 42.5 Å². The van der Waals surface area contributed by atoms with E-state index >= 15 is 0 Å². The Labute approximate surface area is 141 Å². The van der Waals surface area contributed by atoms with Gasteiger partial charge in [0.25, 0.3) is 0 Å². The van der Waals surface area contributed by atoms with Crippen molar-refractivity contribution in [3.63, 3.8) is 0 Å². The first kappa shape index (κ1) is 16.0. The lowest BCUT2D eigenvalue weighted by Gasteiger charge is -2.20. The van der Waals surface area contributed by atoms with E-state index in [-0.39, 0.29) is 11.6 Å². The number of benzene rings is 2. The van der Waals surface area contributed by atoms with Crippen molar-refractivity contribution in [1.82, 2.24) is 0 Å². The highest BCUT2D eigenvalue weighted by molar-refractivity contribution is 6.29. The largest absolute Gasteiger partial charge is 0.493 e. The quantitative estimate of drug-likeness (QED) is 0.527. The monoisotopic (exact) mass is 318 g/mol. The predicted octanol–water partition coefficient (Wildman–Crippen LogP) is 4.03. The zero-order chi connectivity index (χ0) is 16.9. The Balaban J connectivity index is 1.83. The summed E-state index contributed by atoms with van der Waals surface area (Å²) < 4.78 is 5.80. The van der Waals surface area contributed by atoms with Crippen LogP contribution in [0.4, 0.5) is 0 Å². The molecule has 0 N–H and O–H groups in total. The fraction of sp³-hybridized carbons (Fsp3) is 0.238. The van der Waals surface area contributed by atoms with Crippen LogP contribution in [-0.4, -0.2) is 18.2 Å². The molecule has 0 saturated heterocycles. The van der Waals surface area contributed by atoms with Gasteiger partial charge in [-0.1, -0.05) is 36.4 Å². The Morgan fingerprint density at radius 3 is 2.33 bits per heavy atom. The number of hydrogen-bond acceptors (Lipinski definition) is 3. The molecule has 0 spiro atoms. The third-order valence-electron chi connectivity index (χ3n) is 4.04. The second-order valence-electron chi connectivity index (χ2n) is 5.61. The minimum absolute atomic E-state index is 0.121. The van der Waals surface area contributed by atoms with E-state index in [1.165, 1.54) is 0 Å². The lowest BCUT2D eigenvalue weighted by atomic mass is 9.83. The van der Waals surface area contributed by atoms with Crippen LogP contribution in [0.2, 0.25) is 0 Å². The van der Waals surface area contributed by atoms with Gasteiger partial charge < -0.3 is 4.74 Å². The fourth-order valence-electron chi connectivity index (χ4n) is 2.86. The normalized spacial score (nSPS) is 12.0. The summed E-state index contributed by atoms with van der Waals surface area (Å²) in [6.07, 6.45) is 2.65. The maximum Gasteiger partial charge on any atom is 0.198 e. The number of fused-ring (bicyclic) bond motifs is 2. The Kier molecular flexibility index (Phi) is 4.77. The summed E-state index contributed by atoms with van der Waals surface area (Å²) >= 11 is 0. The van der Waals surface area contributed by atoms with Crippen LogP contribution in [0.1, 0.15) is 58.0 Å². The van der Waals surface area contributed by atoms with Crippen LogP contribution in [0.3, 0.4) is 0 Å². The molecule has 2 aromatic rings. The topological polar surface area (TPSA) is 43.4 Å². The summed E-state index contributed by atoms with van der Waals surface area (Å²) in [5.41, 5.74) is 1.72. The maximum absolute atomic E-state index is 12.8. The number of carbonyl (C=O) groups excluding carboxylic acids is 2. The number of rotatable bonds is 5. The van der Waals surface area contributed by atoms with Crippen molar-refractivity contribution in [1.29, 1.82) is 0 Å². The van der Waals surface area contributed by atoms with Gasteiger partial charge in [0.15, 0.2) is 11.6 Å². The predicted molar refractivity (Wildman–Crippen MR) is 92.5 cm³/mol. The van der Waals surface area contributed by atoms with E-state index in [0.717, 1.165) is 19.3 Å². The smallest absolute Gasteiger partial charge is 0.198 e. The van der Waals surface area contributed by atoms with Gasteiger partial charge in [0.2, 0.25) is 0 Å². The molecular formula is C21H18O3. The molecule has 3 heteroatoms. The molecule has 0 amide bonds. The summed E-state index contributed by atoms with van der Waals surface area (Å²) in [6.45, 7) is 2.33. The molecule has 24 heavy (non-hydrogen) atoms. The summed E-state index contributed by atoms with van der Waals surface area (Å²) in [6, 6.07) is 12.1. The summed E-state index contributed by atoms with van der Waals surface area (Å²) in [4.78, 5) is 25.4. The van der Waals surface area contributed by atoms with Crippen molar-refractivity contribution in [2.75, 3.05) is 6.61 Å². The first-order valence-electron chi connectivity index (χ1n) is 8.08. The number of unbranched alkanes of at least 4 members (excludes halogenated alkanes) is 2. The molecule has 0 heterocycles. The van der Waals surface area contributed by atoms with Crippen LogP contribution in [-0.2, 0) is 0 Å². The first-order chi connectivity index (χ1) is 11.7. The van der Waals surface area contributed by atoms with Crippen molar-refractivity contribution in [3.8, 4) is 17.6 Å². The van der Waals surface area contributed by atoms with Crippen LogP contribution in [0.15, 0.2) is 42.5 Å². The molecule has 1 aliphatic carbocycles. The van der Waals surface area contributed by atoms with Gasteiger partial charge in [-0.15, -0.1) is 11.8 Å². The second-order valence-corrected chi connectivity index (χ2v) is 5.61. The van der Waals surface area contributed by atoms with Gasteiger partial charge in [-0.3, -0.25) is 9.59 Å². The minimum Gasteiger partial charge on any atom is -0.493 e. The summed E-state index contributed by atoms with van der Waals surface area (Å²) in [5.74, 6) is 6.10. The van der Waals surface area contributed by atoms with E-state index in [1.807, 2.05) is 6.92 Å². The third-order valence-corrected chi connectivity index (χ3v) is 4.04. The van der Waals surface area contributed by atoms with Gasteiger partial charge in [-0.2, -0.15) is 0 Å². The van der Waals surface area contributed by atoms with Crippen LogP contribution in [0, 0.1) is 11.8 Å². The van der Waals surface area contributed by atoms with Crippen molar-refractivity contribution in [2.24, 2.45) is 0 Å². The number of ether oxygens (including phenoxy) is 1. The molecule has 0 aromatic heterocycles. The zero-order valence-electron chi connectivity index (χ0n) is 13.6. The SMILES string of the molecule is CC#CCCCCOc1cccc2c1C(=O)c1ccccc1C2=O. The molecule has 0 saturated carbocycles. The maximum atomic E-state index is 12.8. The van der Waals surface area contributed by atoms with Crippen LogP contribution < -0.4 is 4.74 Å². The van der Waals surface area contributed by atoms with Gasteiger partial charge >= 0.3 is 0 Å². The van der Waals surface area contributed by atoms with E-state index < -0.39 is 0 Å². The molecule has 2 aromatic carbocycles. The number of hydrogen-bond donors (Lipinski definition) is 0. The Morgan fingerprint density at radius 1 is 0.875 bits per heavy atom. The highest BCUT2D eigenvalue weighted by Gasteiger charge is 2.31. The summed E-state index contributed by atoms with van der Waals surface area (Å²) in [5, 5.41) is 0. The molecule has 0 unspecified atom stereocenters. The van der Waals surface area contributed by atoms with Crippen molar-refractivity contribution in [3.05, 3.63) is 64.7 Å². The Morgan fingerprint density at radius 2 is 1.58 bits per heavy atom. The molecule has 0 atom stereocenters. The molecule has 1 aliphatic rings. The van der Waals surface area contributed by atoms with Crippen molar-refractivity contribution < 1.29 is 14.3 Å². The molecule has 120 valence electrons. The first-order valence-corrected chi connectivity index (χ1v) is 8.08. The Bertz CT molecular complexity index is 853. The molecule has 0 aliphatic heterocycles. The standard InChI is InChI=1S/C21H18O3/c1-2-3-4-5-8-14-24-18-13-9-12-17-19(18)21(23)16-11-7-6-10-15(16)20(17)22/h6-7,9-13H,4-5,8,14H2,1H3. The highest BCUT2D eigenvalue weighted by atomic mass is 16.5. The zero-order valence-corrected chi connectivity index (χ0v) is 13.6.